The topological polar surface area (TPSA) is 77.2 Å². The minimum Gasteiger partial charge on any atom is -0.435 e. The molecule has 2 N–H and O–H groups in total. The van der Waals surface area contributed by atoms with Crippen LogP contribution in [-0.4, -0.2) is 37.5 Å². The predicted octanol–water partition coefficient (Wildman–Crippen LogP) is 2.46. The van der Waals surface area contributed by atoms with Gasteiger partial charge in [0.15, 0.2) is 11.5 Å². The second-order valence-electron chi connectivity index (χ2n) is 6.08. The van der Waals surface area contributed by atoms with Gasteiger partial charge in [-0.1, -0.05) is 36.4 Å². The van der Waals surface area contributed by atoms with Crippen LogP contribution in [0.4, 0.5) is 8.78 Å². The number of benzene rings is 2. The molecular formula is C19H19F2N3O3. The minimum atomic E-state index is -2.93. The Morgan fingerprint density at radius 2 is 1.89 bits per heavy atom. The number of likely N-dealkylation sites (N-methyl/N-ethyl adjacent to an activating group) is 1. The lowest BCUT2D eigenvalue weighted by Crippen LogP contribution is -2.41. The highest BCUT2D eigenvalue weighted by molar-refractivity contribution is 6.08. The van der Waals surface area contributed by atoms with E-state index in [9.17, 15) is 13.6 Å². The zero-order valence-electron chi connectivity index (χ0n) is 14.9. The van der Waals surface area contributed by atoms with Crippen LogP contribution in [0.5, 0.6) is 5.75 Å². The van der Waals surface area contributed by atoms with Crippen molar-refractivity contribution in [3.63, 3.8) is 0 Å². The van der Waals surface area contributed by atoms with Crippen molar-refractivity contribution in [2.45, 2.75) is 18.8 Å². The monoisotopic (exact) mass is 375 g/mol. The summed E-state index contributed by atoms with van der Waals surface area (Å²) in [6, 6.07) is 13.1. The summed E-state index contributed by atoms with van der Waals surface area (Å²) in [4.78, 5) is 18.8. The molecule has 0 radical (unpaired) electrons. The van der Waals surface area contributed by atoms with Gasteiger partial charge in [0.2, 0.25) is 0 Å². The van der Waals surface area contributed by atoms with Gasteiger partial charge in [0, 0.05) is 14.2 Å². The van der Waals surface area contributed by atoms with Crippen LogP contribution in [0, 0.1) is 0 Å². The van der Waals surface area contributed by atoms with Gasteiger partial charge in [-0.3, -0.25) is 9.69 Å². The van der Waals surface area contributed by atoms with E-state index < -0.39 is 12.2 Å². The van der Waals surface area contributed by atoms with E-state index in [1.807, 2.05) is 12.1 Å². The number of alkyl halides is 2. The molecule has 3 rings (SSSR count). The third-order valence-electron chi connectivity index (χ3n) is 4.39. The Labute approximate surface area is 155 Å². The first-order chi connectivity index (χ1) is 12.9. The van der Waals surface area contributed by atoms with Crippen LogP contribution in [0.1, 0.15) is 16.7 Å². The largest absolute Gasteiger partial charge is 0.435 e. The second kappa shape index (κ2) is 7.32. The van der Waals surface area contributed by atoms with Crippen LogP contribution in [0.25, 0.3) is 0 Å². The van der Waals surface area contributed by atoms with Crippen molar-refractivity contribution in [1.29, 1.82) is 0 Å². The molecule has 2 aromatic carbocycles. The summed E-state index contributed by atoms with van der Waals surface area (Å²) in [5.41, 5.74) is 6.49. The Balaban J connectivity index is 2.13. The average Bonchev–Trinajstić information content (AvgIpc) is 2.87. The number of rotatable bonds is 6. The molecule has 1 unspecified atom stereocenters. The van der Waals surface area contributed by atoms with Gasteiger partial charge in [-0.15, -0.1) is 0 Å². The summed E-state index contributed by atoms with van der Waals surface area (Å²) in [7, 11) is 3.12. The molecule has 2 aromatic rings. The van der Waals surface area contributed by atoms with Gasteiger partial charge in [-0.05, 0) is 28.8 Å². The molecule has 0 aromatic heterocycles. The SMILES string of the molecule is COCc1cccc(C2(c3ccc(OC(F)F)cc3)N=C(N)N(C)C2=O)c1. The molecule has 1 heterocycles. The highest BCUT2D eigenvalue weighted by Gasteiger charge is 2.49. The third kappa shape index (κ3) is 3.35. The van der Waals surface area contributed by atoms with Gasteiger partial charge in [0.1, 0.15) is 5.75 Å². The van der Waals surface area contributed by atoms with Gasteiger partial charge >= 0.3 is 6.61 Å². The van der Waals surface area contributed by atoms with Gasteiger partial charge < -0.3 is 15.2 Å². The number of hydrogen-bond acceptors (Lipinski definition) is 5. The average molecular weight is 375 g/mol. The Bertz CT molecular complexity index is 871. The molecule has 0 spiro atoms. The molecule has 0 saturated carbocycles. The van der Waals surface area contributed by atoms with E-state index in [2.05, 4.69) is 9.73 Å². The first-order valence-corrected chi connectivity index (χ1v) is 8.15. The lowest BCUT2D eigenvalue weighted by atomic mass is 9.82. The number of nitrogens with two attached hydrogens (primary N) is 1. The van der Waals surface area contributed by atoms with Crippen LogP contribution in [0.3, 0.4) is 0 Å². The van der Waals surface area contributed by atoms with E-state index in [-0.39, 0.29) is 17.6 Å². The summed E-state index contributed by atoms with van der Waals surface area (Å²) < 4.78 is 34.4. The van der Waals surface area contributed by atoms with Crippen molar-refractivity contribution in [3.8, 4) is 5.75 Å². The Kier molecular flexibility index (Phi) is 5.09. The summed E-state index contributed by atoms with van der Waals surface area (Å²) in [6.45, 7) is -2.56. The fourth-order valence-electron chi connectivity index (χ4n) is 3.11. The lowest BCUT2D eigenvalue weighted by Gasteiger charge is -2.26. The fourth-order valence-corrected chi connectivity index (χ4v) is 3.11. The minimum absolute atomic E-state index is 0.00668. The number of guanidine groups is 1. The highest BCUT2D eigenvalue weighted by atomic mass is 19.3. The van der Waals surface area contributed by atoms with Crippen molar-refractivity contribution < 1.29 is 23.0 Å². The van der Waals surface area contributed by atoms with E-state index >= 15 is 0 Å². The molecule has 1 aliphatic rings. The van der Waals surface area contributed by atoms with Crippen molar-refractivity contribution in [2.24, 2.45) is 10.7 Å². The maximum Gasteiger partial charge on any atom is 0.387 e. The number of carbonyl (C=O) groups excluding carboxylic acids is 1. The number of nitrogens with zero attached hydrogens (tertiary/aromatic N) is 2. The third-order valence-corrected chi connectivity index (χ3v) is 4.39. The van der Waals surface area contributed by atoms with Gasteiger partial charge in [0.05, 0.1) is 6.61 Å². The second-order valence-corrected chi connectivity index (χ2v) is 6.08. The Hall–Kier alpha value is -3.00. The molecule has 1 aliphatic heterocycles. The maximum atomic E-state index is 13.1. The molecule has 0 aliphatic carbocycles. The number of amides is 1. The van der Waals surface area contributed by atoms with E-state index in [0.717, 1.165) is 5.56 Å². The van der Waals surface area contributed by atoms with Crippen molar-refractivity contribution in [1.82, 2.24) is 4.90 Å². The molecule has 0 bridgehead atoms. The Morgan fingerprint density at radius 3 is 2.44 bits per heavy atom. The molecule has 27 heavy (non-hydrogen) atoms. The molecule has 142 valence electrons. The first kappa shape index (κ1) is 18.8. The number of ether oxygens (including phenoxy) is 2. The van der Waals surface area contributed by atoms with Gasteiger partial charge in [0.25, 0.3) is 5.91 Å². The van der Waals surface area contributed by atoms with Crippen LogP contribution in [0.2, 0.25) is 0 Å². The molecule has 0 fully saturated rings. The first-order valence-electron chi connectivity index (χ1n) is 8.15. The summed E-state index contributed by atoms with van der Waals surface area (Å²) in [6.07, 6.45) is 0. The van der Waals surface area contributed by atoms with Crippen LogP contribution >= 0.6 is 0 Å². The zero-order chi connectivity index (χ0) is 19.6. The van der Waals surface area contributed by atoms with E-state index in [0.29, 0.717) is 17.7 Å². The normalized spacial score (nSPS) is 19.5. The summed E-state index contributed by atoms with van der Waals surface area (Å²) >= 11 is 0. The molecule has 0 saturated heterocycles. The number of halogens is 2. The number of methoxy groups -OCH3 is 1. The maximum absolute atomic E-state index is 13.1. The van der Waals surface area contributed by atoms with Crippen molar-refractivity contribution in [3.05, 3.63) is 65.2 Å². The van der Waals surface area contributed by atoms with E-state index in [4.69, 9.17) is 10.5 Å². The lowest BCUT2D eigenvalue weighted by molar-refractivity contribution is -0.129. The molecule has 6 nitrogen and oxygen atoms in total. The standard InChI is InChI=1S/C19H19F2N3O3/c1-24-16(25)19(23-18(24)22,14-5-3-4-12(10-14)11-26-2)13-6-8-15(9-7-13)27-17(20)21/h3-10,17H,11H2,1-2H3,(H2,22,23). The van der Waals surface area contributed by atoms with E-state index in [1.54, 1.807) is 19.2 Å². The highest BCUT2D eigenvalue weighted by Crippen LogP contribution is 2.40. The summed E-state index contributed by atoms with van der Waals surface area (Å²) in [5, 5.41) is 0. The van der Waals surface area contributed by atoms with Gasteiger partial charge in [-0.25, -0.2) is 4.99 Å². The van der Waals surface area contributed by atoms with Crippen LogP contribution in [-0.2, 0) is 21.7 Å². The quantitative estimate of drug-likeness (QED) is 0.841. The Morgan fingerprint density at radius 1 is 1.19 bits per heavy atom. The molecule has 1 amide bonds. The number of aliphatic imine (C=N–C) groups is 1. The van der Waals surface area contributed by atoms with Crippen LogP contribution in [0.15, 0.2) is 53.5 Å². The van der Waals surface area contributed by atoms with Crippen LogP contribution < -0.4 is 10.5 Å². The van der Waals surface area contributed by atoms with Crippen molar-refractivity contribution >= 4 is 11.9 Å². The fraction of sp³-hybridized carbons (Fsp3) is 0.263. The van der Waals surface area contributed by atoms with Crippen molar-refractivity contribution in [2.75, 3.05) is 14.2 Å². The summed E-state index contributed by atoms with van der Waals surface area (Å²) in [5.74, 6) is -0.269. The number of carbonyl (C=O) groups is 1. The van der Waals surface area contributed by atoms with E-state index in [1.165, 1.54) is 36.2 Å². The molecule has 8 heteroatoms. The predicted molar refractivity (Wildman–Crippen MR) is 95.4 cm³/mol. The molecule has 1 atom stereocenters. The smallest absolute Gasteiger partial charge is 0.387 e. The number of hydrogen-bond donors (Lipinski definition) is 1. The zero-order valence-corrected chi connectivity index (χ0v) is 14.9. The molecular weight excluding hydrogens is 356 g/mol. The van der Waals surface area contributed by atoms with Gasteiger partial charge in [-0.2, -0.15) is 8.78 Å².